The van der Waals surface area contributed by atoms with E-state index in [1.54, 1.807) is 0 Å². The number of hydrogen-bond acceptors (Lipinski definition) is 3. The van der Waals surface area contributed by atoms with Crippen molar-refractivity contribution < 1.29 is 9.53 Å². The van der Waals surface area contributed by atoms with Crippen molar-refractivity contribution in [3.05, 3.63) is 0 Å². The molecule has 0 aliphatic carbocycles. The largest absolute Gasteiger partial charge is 0.375 e. The lowest BCUT2D eigenvalue weighted by Gasteiger charge is -2.44. The Kier molecular flexibility index (Phi) is 3.12. The van der Waals surface area contributed by atoms with Gasteiger partial charge in [0.25, 0.3) is 0 Å². The first-order valence-electron chi connectivity index (χ1n) is 6.32. The van der Waals surface area contributed by atoms with Gasteiger partial charge in [-0.05, 0) is 20.3 Å². The van der Waals surface area contributed by atoms with E-state index in [1.807, 2.05) is 18.7 Å². The van der Waals surface area contributed by atoms with Crippen molar-refractivity contribution in [2.24, 2.45) is 0 Å². The normalized spacial score (nSPS) is 37.7. The second-order valence-electron chi connectivity index (χ2n) is 5.15. The summed E-state index contributed by atoms with van der Waals surface area (Å²) in [6.07, 6.45) is 2.52. The third-order valence-electron chi connectivity index (χ3n) is 3.62. The van der Waals surface area contributed by atoms with Crippen molar-refractivity contribution in [2.75, 3.05) is 6.54 Å². The van der Waals surface area contributed by atoms with Gasteiger partial charge >= 0.3 is 6.03 Å². The molecule has 2 unspecified atom stereocenters. The first kappa shape index (κ1) is 12.4. The van der Waals surface area contributed by atoms with Crippen molar-refractivity contribution in [3.8, 4) is 0 Å². The molecule has 2 rings (SSSR count). The highest BCUT2D eigenvalue weighted by Gasteiger charge is 2.53. The van der Waals surface area contributed by atoms with Crippen LogP contribution in [0, 0.1) is 5.41 Å². The molecule has 0 aromatic heterocycles. The fourth-order valence-electron chi connectivity index (χ4n) is 3.11. The highest BCUT2D eigenvalue weighted by Crippen LogP contribution is 2.37. The van der Waals surface area contributed by atoms with Crippen LogP contribution >= 0.6 is 0 Å². The topological polar surface area (TPSA) is 65.4 Å². The van der Waals surface area contributed by atoms with Crippen LogP contribution in [0.1, 0.15) is 40.0 Å². The van der Waals surface area contributed by atoms with Gasteiger partial charge < -0.3 is 9.64 Å². The first-order valence-corrected chi connectivity index (χ1v) is 6.32. The molecule has 1 spiro atoms. The average Bonchev–Trinajstić information content (AvgIpc) is 2.42. The molecule has 2 atom stereocenters. The molecule has 17 heavy (non-hydrogen) atoms. The van der Waals surface area contributed by atoms with Crippen LogP contribution in [0.5, 0.6) is 0 Å². The third kappa shape index (κ3) is 1.92. The van der Waals surface area contributed by atoms with Crippen LogP contribution in [-0.4, -0.2) is 41.1 Å². The fraction of sp³-hybridized carbons (Fsp3) is 0.833. The Bertz CT molecular complexity index is 333. The molecule has 0 radical (unpaired) electrons. The molecular weight excluding hydrogens is 218 g/mol. The molecule has 2 heterocycles. The summed E-state index contributed by atoms with van der Waals surface area (Å²) in [6, 6.07) is -0.127. The van der Waals surface area contributed by atoms with Crippen molar-refractivity contribution in [1.82, 2.24) is 10.2 Å². The predicted molar refractivity (Wildman–Crippen MR) is 65.2 cm³/mol. The molecule has 2 aliphatic rings. The van der Waals surface area contributed by atoms with Crippen molar-refractivity contribution >= 4 is 11.9 Å². The number of carbonyl (C=O) groups excluding carboxylic acids is 1. The predicted octanol–water partition coefficient (Wildman–Crippen LogP) is 1.73. The summed E-state index contributed by atoms with van der Waals surface area (Å²) in [5, 5.41) is 10.7. The lowest BCUT2D eigenvalue weighted by molar-refractivity contribution is -0.0708. The van der Waals surface area contributed by atoms with E-state index in [-0.39, 0.29) is 18.2 Å². The number of amidine groups is 1. The smallest absolute Gasteiger partial charge is 0.323 e. The summed E-state index contributed by atoms with van der Waals surface area (Å²) in [6.45, 7) is 6.78. The molecule has 2 aliphatic heterocycles. The monoisotopic (exact) mass is 239 g/mol. The van der Waals surface area contributed by atoms with E-state index in [9.17, 15) is 4.79 Å². The molecule has 0 aromatic carbocycles. The van der Waals surface area contributed by atoms with Crippen molar-refractivity contribution in [1.29, 1.82) is 5.41 Å². The average molecular weight is 239 g/mol. The molecule has 2 fully saturated rings. The summed E-state index contributed by atoms with van der Waals surface area (Å²) in [5.74, 6) is 0.345. The number of rotatable bonds is 2. The van der Waals surface area contributed by atoms with E-state index in [0.29, 0.717) is 12.4 Å². The van der Waals surface area contributed by atoms with Crippen LogP contribution in [0.25, 0.3) is 0 Å². The molecule has 2 N–H and O–H groups in total. The molecule has 0 bridgehead atoms. The summed E-state index contributed by atoms with van der Waals surface area (Å²) in [4.78, 5) is 13.7. The number of nitrogens with one attached hydrogen (secondary N) is 2. The molecular formula is C12H21N3O2. The van der Waals surface area contributed by atoms with Crippen LogP contribution < -0.4 is 5.32 Å². The van der Waals surface area contributed by atoms with Gasteiger partial charge in [-0.1, -0.05) is 6.92 Å². The van der Waals surface area contributed by atoms with E-state index >= 15 is 0 Å². The zero-order chi connectivity index (χ0) is 12.6. The number of carbonyl (C=O) groups is 1. The Labute approximate surface area is 102 Å². The highest BCUT2D eigenvalue weighted by molar-refractivity contribution is 6.08. The zero-order valence-electron chi connectivity index (χ0n) is 10.7. The summed E-state index contributed by atoms with van der Waals surface area (Å²) in [7, 11) is 0. The molecule has 2 saturated heterocycles. The second-order valence-corrected chi connectivity index (χ2v) is 5.15. The molecule has 5 heteroatoms. The fourth-order valence-corrected chi connectivity index (χ4v) is 3.11. The molecule has 96 valence electrons. The SMILES string of the molecule is CCCN1C(=O)NC(=N)C12CC(C)OC(C)C2. The van der Waals surface area contributed by atoms with Gasteiger partial charge in [0.15, 0.2) is 0 Å². The molecule has 0 aromatic rings. The Morgan fingerprint density at radius 3 is 2.59 bits per heavy atom. The Morgan fingerprint density at radius 1 is 1.47 bits per heavy atom. The van der Waals surface area contributed by atoms with Gasteiger partial charge in [0, 0.05) is 19.4 Å². The Morgan fingerprint density at radius 2 is 2.06 bits per heavy atom. The lowest BCUT2D eigenvalue weighted by Crippen LogP contribution is -2.56. The molecule has 0 saturated carbocycles. The lowest BCUT2D eigenvalue weighted by atomic mass is 9.82. The van der Waals surface area contributed by atoms with E-state index in [0.717, 1.165) is 19.3 Å². The highest BCUT2D eigenvalue weighted by atomic mass is 16.5. The number of hydrogen-bond donors (Lipinski definition) is 2. The Balaban J connectivity index is 2.31. The number of ether oxygens (including phenoxy) is 1. The number of amides is 2. The van der Waals surface area contributed by atoms with E-state index in [2.05, 4.69) is 12.2 Å². The van der Waals surface area contributed by atoms with E-state index in [1.165, 1.54) is 0 Å². The first-order chi connectivity index (χ1) is 7.99. The molecule has 2 amide bonds. The van der Waals surface area contributed by atoms with Crippen LogP contribution in [0.15, 0.2) is 0 Å². The van der Waals surface area contributed by atoms with Gasteiger partial charge in [-0.3, -0.25) is 10.7 Å². The summed E-state index contributed by atoms with van der Waals surface area (Å²) in [5.41, 5.74) is -0.454. The van der Waals surface area contributed by atoms with Gasteiger partial charge in [0.2, 0.25) is 0 Å². The van der Waals surface area contributed by atoms with E-state index in [4.69, 9.17) is 10.1 Å². The maximum atomic E-state index is 11.9. The Hall–Kier alpha value is -1.10. The van der Waals surface area contributed by atoms with Gasteiger partial charge in [-0.25, -0.2) is 4.79 Å². The van der Waals surface area contributed by atoms with Crippen LogP contribution in [0.2, 0.25) is 0 Å². The van der Waals surface area contributed by atoms with Crippen molar-refractivity contribution in [3.63, 3.8) is 0 Å². The minimum Gasteiger partial charge on any atom is -0.375 e. The van der Waals surface area contributed by atoms with Crippen LogP contribution in [-0.2, 0) is 4.74 Å². The van der Waals surface area contributed by atoms with Gasteiger partial charge in [0.1, 0.15) is 11.4 Å². The van der Waals surface area contributed by atoms with Gasteiger partial charge in [0.05, 0.1) is 12.2 Å². The van der Waals surface area contributed by atoms with Crippen LogP contribution in [0.4, 0.5) is 4.79 Å². The quantitative estimate of drug-likeness (QED) is 0.770. The number of nitrogens with zero attached hydrogens (tertiary/aromatic N) is 1. The minimum atomic E-state index is -0.454. The zero-order valence-corrected chi connectivity index (χ0v) is 10.7. The van der Waals surface area contributed by atoms with Crippen LogP contribution in [0.3, 0.4) is 0 Å². The standard InChI is InChI=1S/C12H21N3O2/c1-4-5-15-11(16)14-10(13)12(15)6-8(2)17-9(3)7-12/h8-9H,4-7H2,1-3H3,(H2,13,14,16). The van der Waals surface area contributed by atoms with Gasteiger partial charge in [-0.2, -0.15) is 0 Å². The maximum absolute atomic E-state index is 11.9. The second kappa shape index (κ2) is 4.29. The van der Waals surface area contributed by atoms with Gasteiger partial charge in [-0.15, -0.1) is 0 Å². The minimum absolute atomic E-state index is 0.0890. The number of urea groups is 1. The molecule has 5 nitrogen and oxygen atoms in total. The maximum Gasteiger partial charge on any atom is 0.323 e. The van der Waals surface area contributed by atoms with E-state index < -0.39 is 5.54 Å². The summed E-state index contributed by atoms with van der Waals surface area (Å²) >= 11 is 0. The summed E-state index contributed by atoms with van der Waals surface area (Å²) < 4.78 is 5.72. The van der Waals surface area contributed by atoms with Crippen molar-refractivity contribution in [2.45, 2.75) is 57.8 Å². The third-order valence-corrected chi connectivity index (χ3v) is 3.62.